The average Bonchev–Trinajstić information content (AvgIpc) is 2.56. The quantitative estimate of drug-likeness (QED) is 0.498. The monoisotopic (exact) mass is 346 g/mol. The van der Waals surface area contributed by atoms with Gasteiger partial charge in [0.15, 0.2) is 0 Å². The molecule has 1 unspecified atom stereocenters. The van der Waals surface area contributed by atoms with Crippen molar-refractivity contribution in [3.63, 3.8) is 0 Å². The van der Waals surface area contributed by atoms with E-state index >= 15 is 0 Å². The molecule has 118 valence electrons. The minimum atomic E-state index is -3.88. The van der Waals surface area contributed by atoms with Gasteiger partial charge in [-0.25, -0.2) is 0 Å². The van der Waals surface area contributed by atoms with E-state index in [0.717, 1.165) is 29.7 Å². The van der Waals surface area contributed by atoms with Gasteiger partial charge < -0.3 is 4.89 Å². The lowest BCUT2D eigenvalue weighted by atomic mass is 10.1. The summed E-state index contributed by atoms with van der Waals surface area (Å²) in [5.74, 6) is 1.03. The molecule has 1 N–H and O–H groups in total. The Morgan fingerprint density at radius 3 is 2.36 bits per heavy atom. The Morgan fingerprint density at radius 1 is 1.27 bits per heavy atom. The number of benzene rings is 1. The topological polar surface area (TPSA) is 133 Å². The van der Waals surface area contributed by atoms with Crippen molar-refractivity contribution >= 4 is 30.7 Å². The van der Waals surface area contributed by atoms with Crippen molar-refractivity contribution in [1.82, 2.24) is 0 Å². The maximum atomic E-state index is 11.6. The number of nitrogens with zero attached hydrogens (tertiary/aromatic N) is 2. The molecule has 1 atom stereocenters. The summed E-state index contributed by atoms with van der Waals surface area (Å²) in [7, 11) is -3.88. The maximum absolute atomic E-state index is 11.6. The Kier molecular flexibility index (Phi) is 4.14. The first-order chi connectivity index (χ1) is 10.0. The molecule has 1 aliphatic heterocycles. The summed E-state index contributed by atoms with van der Waals surface area (Å²) in [5.41, 5.74) is -1.93. The fraction of sp³-hybridized carbons (Fsp3) is 0.273. The van der Waals surface area contributed by atoms with Gasteiger partial charge in [-0.3, -0.25) is 29.3 Å². The van der Waals surface area contributed by atoms with Gasteiger partial charge in [0, 0.05) is 16.8 Å². The fourth-order valence-electron chi connectivity index (χ4n) is 1.82. The van der Waals surface area contributed by atoms with E-state index < -0.39 is 34.4 Å². The van der Waals surface area contributed by atoms with Crippen LogP contribution in [0.2, 0.25) is 0 Å². The second kappa shape index (κ2) is 5.47. The Balaban J connectivity index is 2.44. The van der Waals surface area contributed by atoms with Gasteiger partial charge in [0.05, 0.1) is 20.8 Å². The third-order valence-electron chi connectivity index (χ3n) is 2.80. The molecule has 0 fully saturated rings. The van der Waals surface area contributed by atoms with Crippen molar-refractivity contribution in [3.05, 3.63) is 49.1 Å². The highest BCUT2D eigenvalue weighted by atomic mass is 32.2. The van der Waals surface area contributed by atoms with Crippen LogP contribution in [0, 0.1) is 20.2 Å². The average molecular weight is 346 g/mol. The normalized spacial score (nSPS) is 23.1. The SMILES string of the molecule is CC1(C)OP(=O)(O)C=C1Sc1ccc([N+](=O)[O-])cc1[N+](=O)[O-]. The number of non-ortho nitro benzene ring substituents is 1. The van der Waals surface area contributed by atoms with Gasteiger partial charge >= 0.3 is 7.60 Å². The molecule has 0 bridgehead atoms. The molecule has 0 saturated carbocycles. The van der Waals surface area contributed by atoms with E-state index in [1.165, 1.54) is 6.07 Å². The predicted octanol–water partition coefficient (Wildman–Crippen LogP) is 3.43. The van der Waals surface area contributed by atoms with Crippen LogP contribution in [0.5, 0.6) is 0 Å². The van der Waals surface area contributed by atoms with Gasteiger partial charge in [0.1, 0.15) is 5.60 Å². The van der Waals surface area contributed by atoms with Crippen molar-refractivity contribution in [2.45, 2.75) is 24.3 Å². The van der Waals surface area contributed by atoms with Crippen LogP contribution in [-0.4, -0.2) is 20.3 Å². The Hall–Kier alpha value is -1.74. The summed E-state index contributed by atoms with van der Waals surface area (Å²) >= 11 is 0.875. The predicted molar refractivity (Wildman–Crippen MR) is 78.7 cm³/mol. The molecule has 0 aliphatic carbocycles. The minimum absolute atomic E-state index is 0.125. The van der Waals surface area contributed by atoms with Crippen LogP contribution in [0.4, 0.5) is 11.4 Å². The van der Waals surface area contributed by atoms with Crippen LogP contribution in [0.15, 0.2) is 33.8 Å². The molecule has 1 aromatic rings. The van der Waals surface area contributed by atoms with E-state index in [2.05, 4.69) is 0 Å². The molecule has 9 nitrogen and oxygen atoms in total. The molecule has 1 heterocycles. The minimum Gasteiger partial charge on any atom is -0.321 e. The first-order valence-corrected chi connectivity index (χ1v) is 8.35. The number of rotatable bonds is 4. The number of hydrogen-bond donors (Lipinski definition) is 1. The summed E-state index contributed by atoms with van der Waals surface area (Å²) < 4.78 is 16.6. The van der Waals surface area contributed by atoms with E-state index in [0.29, 0.717) is 4.91 Å². The summed E-state index contributed by atoms with van der Waals surface area (Å²) in [6.07, 6.45) is 0. The third-order valence-corrected chi connectivity index (χ3v) is 5.67. The molecular formula is C11H11N2O7PS. The number of hydrogen-bond acceptors (Lipinski definition) is 7. The number of nitro groups is 2. The van der Waals surface area contributed by atoms with Crippen LogP contribution in [0.25, 0.3) is 0 Å². The molecular weight excluding hydrogens is 335 g/mol. The van der Waals surface area contributed by atoms with Gasteiger partial charge in [-0.15, -0.1) is 0 Å². The first-order valence-electron chi connectivity index (χ1n) is 5.89. The molecule has 0 aromatic heterocycles. The van der Waals surface area contributed by atoms with Crippen LogP contribution in [-0.2, 0) is 9.09 Å². The van der Waals surface area contributed by atoms with E-state index in [-0.39, 0.29) is 4.90 Å². The van der Waals surface area contributed by atoms with Gasteiger partial charge in [-0.1, -0.05) is 11.8 Å². The summed E-state index contributed by atoms with van der Waals surface area (Å²) in [5, 5.41) is 21.8. The molecule has 0 amide bonds. The lowest BCUT2D eigenvalue weighted by Gasteiger charge is -2.21. The van der Waals surface area contributed by atoms with Crippen molar-refractivity contribution in [2.75, 3.05) is 0 Å². The van der Waals surface area contributed by atoms with Crippen LogP contribution in [0.1, 0.15) is 13.8 Å². The van der Waals surface area contributed by atoms with E-state index in [4.69, 9.17) is 4.52 Å². The largest absolute Gasteiger partial charge is 0.353 e. The smallest absolute Gasteiger partial charge is 0.321 e. The lowest BCUT2D eigenvalue weighted by molar-refractivity contribution is -0.396. The van der Waals surface area contributed by atoms with Gasteiger partial charge in [-0.05, 0) is 19.9 Å². The van der Waals surface area contributed by atoms with E-state index in [9.17, 15) is 29.7 Å². The number of thioether (sulfide) groups is 1. The van der Waals surface area contributed by atoms with Crippen molar-refractivity contribution in [3.8, 4) is 0 Å². The Morgan fingerprint density at radius 2 is 1.91 bits per heavy atom. The van der Waals surface area contributed by atoms with Gasteiger partial charge in [-0.2, -0.15) is 0 Å². The van der Waals surface area contributed by atoms with Crippen molar-refractivity contribution in [2.24, 2.45) is 0 Å². The molecule has 0 radical (unpaired) electrons. The molecule has 22 heavy (non-hydrogen) atoms. The molecule has 0 saturated heterocycles. The zero-order chi connectivity index (χ0) is 16.7. The van der Waals surface area contributed by atoms with Crippen LogP contribution < -0.4 is 0 Å². The van der Waals surface area contributed by atoms with E-state index in [1.54, 1.807) is 13.8 Å². The Bertz CT molecular complexity index is 746. The molecule has 0 spiro atoms. The highest BCUT2D eigenvalue weighted by Gasteiger charge is 2.41. The number of nitro benzene ring substituents is 2. The second-order valence-corrected chi connectivity index (χ2v) is 7.58. The van der Waals surface area contributed by atoms with Gasteiger partial charge in [0.25, 0.3) is 11.4 Å². The van der Waals surface area contributed by atoms with Crippen molar-refractivity contribution in [1.29, 1.82) is 0 Å². The highest BCUT2D eigenvalue weighted by molar-refractivity contribution is 8.03. The van der Waals surface area contributed by atoms with Gasteiger partial charge in [0.2, 0.25) is 0 Å². The standard InChI is InChI=1S/C11H11N2O7PS/c1-11(2)10(6-21(18,19)20-11)22-9-4-3-7(12(14)15)5-8(9)13(16)17/h3-6H,1-2H3,(H,18,19). The zero-order valence-corrected chi connectivity index (χ0v) is 13.2. The summed E-state index contributed by atoms with van der Waals surface area (Å²) in [4.78, 5) is 30.2. The Labute approximate surface area is 128 Å². The maximum Gasteiger partial charge on any atom is 0.353 e. The summed E-state index contributed by atoms with van der Waals surface area (Å²) in [6, 6.07) is 3.22. The molecule has 1 aromatic carbocycles. The van der Waals surface area contributed by atoms with Crippen LogP contribution >= 0.6 is 19.4 Å². The van der Waals surface area contributed by atoms with E-state index in [1.807, 2.05) is 0 Å². The lowest BCUT2D eigenvalue weighted by Crippen LogP contribution is -2.19. The summed E-state index contributed by atoms with van der Waals surface area (Å²) in [6.45, 7) is 3.11. The van der Waals surface area contributed by atoms with Crippen LogP contribution in [0.3, 0.4) is 0 Å². The molecule has 11 heteroatoms. The highest BCUT2D eigenvalue weighted by Crippen LogP contribution is 2.60. The first kappa shape index (κ1) is 16.6. The molecule has 2 rings (SSSR count). The third kappa shape index (κ3) is 3.36. The fourth-order valence-corrected chi connectivity index (χ4v) is 4.80. The zero-order valence-electron chi connectivity index (χ0n) is 11.5. The van der Waals surface area contributed by atoms with Crippen molar-refractivity contribution < 1.29 is 23.8 Å². The second-order valence-electron chi connectivity index (χ2n) is 4.93. The molecule has 1 aliphatic rings.